The van der Waals surface area contributed by atoms with Crippen LogP contribution in [0.5, 0.6) is 0 Å². The van der Waals surface area contributed by atoms with Gasteiger partial charge in [-0.05, 0) is 14.0 Å². The maximum atomic E-state index is 4.23. The Kier molecular flexibility index (Phi) is 1.71. The van der Waals surface area contributed by atoms with Gasteiger partial charge in [-0.2, -0.15) is 5.10 Å². The fraction of sp³-hybridized carbons (Fsp3) is 0.833. The fourth-order valence-electron chi connectivity index (χ4n) is 1.08. The molecular weight excluding hydrogens is 114 g/mol. The minimum absolute atomic E-state index is 0.421. The molecule has 1 aliphatic heterocycles. The van der Waals surface area contributed by atoms with Gasteiger partial charge >= 0.3 is 0 Å². The summed E-state index contributed by atoms with van der Waals surface area (Å²) in [5.41, 5.74) is 1.21. The number of nitrogens with zero attached hydrogens (tertiary/aromatic N) is 2. The van der Waals surface area contributed by atoms with Crippen molar-refractivity contribution in [3.05, 3.63) is 0 Å². The smallest absolute Gasteiger partial charge is 0.101 e. The van der Waals surface area contributed by atoms with Crippen LogP contribution >= 0.6 is 0 Å². The third-order valence-corrected chi connectivity index (χ3v) is 1.60. The maximum absolute atomic E-state index is 4.23. The number of nitrogens with one attached hydrogen (secondary N) is 1. The molecule has 1 rings (SSSR count). The standard InChI is InChI=1S/C6H13N3/c1-5-4-6(7-2)9(3)8-5/h6-7H,4H2,1-3H3. The lowest BCUT2D eigenvalue weighted by atomic mass is 10.3. The summed E-state index contributed by atoms with van der Waals surface area (Å²) in [7, 11) is 3.94. The third kappa shape index (κ3) is 1.21. The molecule has 0 spiro atoms. The molecule has 0 saturated carbocycles. The van der Waals surface area contributed by atoms with Crippen LogP contribution in [0.4, 0.5) is 0 Å². The molecule has 0 radical (unpaired) electrons. The van der Waals surface area contributed by atoms with E-state index in [4.69, 9.17) is 0 Å². The van der Waals surface area contributed by atoms with E-state index < -0.39 is 0 Å². The Balaban J connectivity index is 2.49. The van der Waals surface area contributed by atoms with E-state index in [-0.39, 0.29) is 0 Å². The zero-order valence-electron chi connectivity index (χ0n) is 6.18. The predicted octanol–water partition coefficient (Wildman–Crippen LogP) is 0.243. The van der Waals surface area contributed by atoms with E-state index >= 15 is 0 Å². The zero-order chi connectivity index (χ0) is 6.85. The summed E-state index contributed by atoms with van der Waals surface area (Å²) in [4.78, 5) is 0. The van der Waals surface area contributed by atoms with Crippen LogP contribution in [0.3, 0.4) is 0 Å². The maximum Gasteiger partial charge on any atom is 0.101 e. The van der Waals surface area contributed by atoms with E-state index in [1.54, 1.807) is 0 Å². The molecule has 0 aromatic carbocycles. The minimum Gasteiger partial charge on any atom is -0.299 e. The Bertz CT molecular complexity index is 130. The molecule has 1 atom stereocenters. The van der Waals surface area contributed by atoms with Crippen molar-refractivity contribution < 1.29 is 0 Å². The summed E-state index contributed by atoms with van der Waals surface area (Å²) in [5, 5.41) is 9.34. The molecule has 0 amide bonds. The molecule has 3 nitrogen and oxygen atoms in total. The number of hydrogen-bond donors (Lipinski definition) is 1. The first kappa shape index (κ1) is 6.55. The number of hydrogen-bond acceptors (Lipinski definition) is 3. The highest BCUT2D eigenvalue weighted by molar-refractivity contribution is 5.83. The van der Waals surface area contributed by atoms with Gasteiger partial charge in [-0.25, -0.2) is 0 Å². The summed E-state index contributed by atoms with van der Waals surface area (Å²) in [6.07, 6.45) is 1.47. The average molecular weight is 127 g/mol. The van der Waals surface area contributed by atoms with Gasteiger partial charge in [-0.15, -0.1) is 0 Å². The molecular formula is C6H13N3. The van der Waals surface area contributed by atoms with Gasteiger partial charge in [0.2, 0.25) is 0 Å². The van der Waals surface area contributed by atoms with Crippen LogP contribution in [0.25, 0.3) is 0 Å². The van der Waals surface area contributed by atoms with Gasteiger partial charge in [0.25, 0.3) is 0 Å². The van der Waals surface area contributed by atoms with Crippen molar-refractivity contribution in [2.45, 2.75) is 19.5 Å². The number of hydrazone groups is 1. The van der Waals surface area contributed by atoms with Crippen LogP contribution in [0.2, 0.25) is 0 Å². The molecule has 0 aromatic heterocycles. The summed E-state index contributed by atoms with van der Waals surface area (Å²) >= 11 is 0. The molecule has 1 heterocycles. The van der Waals surface area contributed by atoms with Gasteiger partial charge < -0.3 is 0 Å². The van der Waals surface area contributed by atoms with Crippen molar-refractivity contribution in [2.24, 2.45) is 5.10 Å². The molecule has 0 saturated heterocycles. The summed E-state index contributed by atoms with van der Waals surface area (Å²) in [5.74, 6) is 0. The topological polar surface area (TPSA) is 27.6 Å². The average Bonchev–Trinajstić information content (AvgIpc) is 2.10. The lowest BCUT2D eigenvalue weighted by Gasteiger charge is -2.16. The summed E-state index contributed by atoms with van der Waals surface area (Å²) in [6.45, 7) is 2.05. The fourth-order valence-corrected chi connectivity index (χ4v) is 1.08. The van der Waals surface area contributed by atoms with E-state index in [9.17, 15) is 0 Å². The molecule has 3 heteroatoms. The second-order valence-electron chi connectivity index (χ2n) is 2.42. The second-order valence-corrected chi connectivity index (χ2v) is 2.42. The summed E-state index contributed by atoms with van der Waals surface area (Å²) in [6, 6.07) is 0. The minimum atomic E-state index is 0.421. The molecule has 52 valence electrons. The lowest BCUT2D eigenvalue weighted by molar-refractivity contribution is 0.254. The van der Waals surface area contributed by atoms with Crippen molar-refractivity contribution in [2.75, 3.05) is 14.1 Å². The first-order valence-electron chi connectivity index (χ1n) is 3.18. The van der Waals surface area contributed by atoms with E-state index in [1.165, 1.54) is 5.71 Å². The van der Waals surface area contributed by atoms with Crippen LogP contribution in [0.1, 0.15) is 13.3 Å². The SMILES string of the molecule is CNC1CC(C)=NN1C. The van der Waals surface area contributed by atoms with Gasteiger partial charge in [0.1, 0.15) is 6.17 Å². The molecule has 9 heavy (non-hydrogen) atoms. The first-order valence-corrected chi connectivity index (χ1v) is 3.18. The van der Waals surface area contributed by atoms with E-state index in [2.05, 4.69) is 10.4 Å². The monoisotopic (exact) mass is 127 g/mol. The van der Waals surface area contributed by atoms with Gasteiger partial charge in [-0.3, -0.25) is 10.3 Å². The first-order chi connectivity index (χ1) is 4.24. The highest BCUT2D eigenvalue weighted by Gasteiger charge is 2.17. The van der Waals surface area contributed by atoms with Crippen molar-refractivity contribution in [3.63, 3.8) is 0 Å². The van der Waals surface area contributed by atoms with Crippen LogP contribution in [0, 0.1) is 0 Å². The van der Waals surface area contributed by atoms with Crippen LogP contribution in [-0.2, 0) is 0 Å². The highest BCUT2D eigenvalue weighted by Crippen LogP contribution is 2.08. The normalized spacial score (nSPS) is 26.8. The molecule has 1 aliphatic rings. The Morgan fingerprint density at radius 1 is 1.78 bits per heavy atom. The molecule has 0 aliphatic carbocycles. The Labute approximate surface area is 55.7 Å². The largest absolute Gasteiger partial charge is 0.299 e. The van der Waals surface area contributed by atoms with Crippen LogP contribution < -0.4 is 5.32 Å². The van der Waals surface area contributed by atoms with E-state index in [0.29, 0.717) is 6.17 Å². The second kappa shape index (κ2) is 2.35. The highest BCUT2D eigenvalue weighted by atomic mass is 15.5. The Morgan fingerprint density at radius 3 is 2.67 bits per heavy atom. The van der Waals surface area contributed by atoms with Crippen molar-refractivity contribution in [3.8, 4) is 0 Å². The zero-order valence-corrected chi connectivity index (χ0v) is 6.18. The number of rotatable bonds is 1. The van der Waals surface area contributed by atoms with Crippen LogP contribution in [0.15, 0.2) is 5.10 Å². The summed E-state index contributed by atoms with van der Waals surface area (Å²) < 4.78 is 0. The molecule has 0 bridgehead atoms. The lowest BCUT2D eigenvalue weighted by Crippen LogP contribution is -2.34. The Morgan fingerprint density at radius 2 is 2.44 bits per heavy atom. The molecule has 0 fully saturated rings. The van der Waals surface area contributed by atoms with E-state index in [1.807, 2.05) is 26.0 Å². The molecule has 1 N–H and O–H groups in total. The molecule has 0 aromatic rings. The predicted molar refractivity (Wildman–Crippen MR) is 38.3 cm³/mol. The molecule has 1 unspecified atom stereocenters. The van der Waals surface area contributed by atoms with Gasteiger partial charge in [0.05, 0.1) is 0 Å². The van der Waals surface area contributed by atoms with Gasteiger partial charge in [0.15, 0.2) is 0 Å². The van der Waals surface area contributed by atoms with Gasteiger partial charge in [0, 0.05) is 19.2 Å². The van der Waals surface area contributed by atoms with Crippen molar-refractivity contribution in [1.29, 1.82) is 0 Å². The van der Waals surface area contributed by atoms with Crippen molar-refractivity contribution >= 4 is 5.71 Å². The quantitative estimate of drug-likeness (QED) is 0.546. The van der Waals surface area contributed by atoms with Gasteiger partial charge in [-0.1, -0.05) is 0 Å². The third-order valence-electron chi connectivity index (χ3n) is 1.60. The van der Waals surface area contributed by atoms with Crippen LogP contribution in [-0.4, -0.2) is 31.0 Å². The van der Waals surface area contributed by atoms with Crippen molar-refractivity contribution in [1.82, 2.24) is 10.3 Å². The Hall–Kier alpha value is -0.570. The van der Waals surface area contributed by atoms with E-state index in [0.717, 1.165) is 6.42 Å².